The molecule has 5 nitrogen and oxygen atoms in total. The summed E-state index contributed by atoms with van der Waals surface area (Å²) in [5.74, 6) is -0.447. The number of amides is 2. The van der Waals surface area contributed by atoms with Crippen LogP contribution in [0.15, 0.2) is 46.9 Å². The van der Waals surface area contributed by atoms with Crippen molar-refractivity contribution in [2.45, 2.75) is 33.7 Å². The van der Waals surface area contributed by atoms with Crippen LogP contribution in [0.25, 0.3) is 10.9 Å². The molecule has 0 N–H and O–H groups in total. The summed E-state index contributed by atoms with van der Waals surface area (Å²) in [4.78, 5) is 30.4. The molecule has 1 aromatic heterocycles. The molecule has 7 heteroatoms. The highest BCUT2D eigenvalue weighted by Gasteiger charge is 2.28. The summed E-state index contributed by atoms with van der Waals surface area (Å²) in [6.07, 6.45) is 0.495. The Kier molecular flexibility index (Phi) is 8.06. The molecule has 0 radical (unpaired) electrons. The molecule has 0 saturated heterocycles. The van der Waals surface area contributed by atoms with Gasteiger partial charge in [0.15, 0.2) is 0 Å². The normalized spacial score (nSPS) is 11.3. The highest BCUT2D eigenvalue weighted by atomic mass is 79.9. The monoisotopic (exact) mass is 474 g/mol. The fourth-order valence-corrected chi connectivity index (χ4v) is 3.87. The zero-order valence-corrected chi connectivity index (χ0v) is 19.2. The van der Waals surface area contributed by atoms with Crippen LogP contribution >= 0.6 is 15.9 Å². The van der Waals surface area contributed by atoms with E-state index in [1.807, 2.05) is 32.9 Å². The lowest BCUT2D eigenvalue weighted by Gasteiger charge is -2.25. The van der Waals surface area contributed by atoms with Crippen molar-refractivity contribution < 1.29 is 18.7 Å². The largest absolute Gasteiger partial charge is 0.495 e. The van der Waals surface area contributed by atoms with Gasteiger partial charge in [0.25, 0.3) is 5.91 Å². The molecule has 158 valence electrons. The highest BCUT2D eigenvalue weighted by Crippen LogP contribution is 2.39. The van der Waals surface area contributed by atoms with Crippen molar-refractivity contribution >= 4 is 39.2 Å². The van der Waals surface area contributed by atoms with E-state index in [-0.39, 0.29) is 0 Å². The van der Waals surface area contributed by atoms with Gasteiger partial charge in [0.2, 0.25) is 6.41 Å². The van der Waals surface area contributed by atoms with Crippen LogP contribution in [0, 0.1) is 12.7 Å². The van der Waals surface area contributed by atoms with Gasteiger partial charge in [0.05, 0.1) is 28.8 Å². The molecule has 0 fully saturated rings. The van der Waals surface area contributed by atoms with Gasteiger partial charge in [-0.2, -0.15) is 0 Å². The van der Waals surface area contributed by atoms with E-state index in [0.29, 0.717) is 38.8 Å². The van der Waals surface area contributed by atoms with Crippen molar-refractivity contribution in [2.24, 2.45) is 0 Å². The predicted molar refractivity (Wildman–Crippen MR) is 119 cm³/mol. The summed E-state index contributed by atoms with van der Waals surface area (Å²) < 4.78 is 19.6. The molecule has 0 bridgehead atoms. The molecule has 30 heavy (non-hydrogen) atoms. The summed E-state index contributed by atoms with van der Waals surface area (Å²) in [5.41, 5.74) is 2.14. The topological polar surface area (TPSA) is 59.5 Å². The molecule has 0 saturated carbocycles. The van der Waals surface area contributed by atoms with E-state index in [0.717, 1.165) is 10.5 Å². The minimum Gasteiger partial charge on any atom is -0.495 e. The Balaban J connectivity index is 0.00000155. The van der Waals surface area contributed by atoms with Gasteiger partial charge >= 0.3 is 0 Å². The number of imide groups is 1. The highest BCUT2D eigenvalue weighted by molar-refractivity contribution is 9.10. The number of hydrogen-bond acceptors (Lipinski definition) is 4. The smallest absolute Gasteiger partial charge is 0.261 e. The van der Waals surface area contributed by atoms with Crippen molar-refractivity contribution in [1.82, 2.24) is 9.88 Å². The summed E-state index contributed by atoms with van der Waals surface area (Å²) in [6, 6.07) is 10.5. The number of carbonyl (C=O) groups excluding carboxylic acids is 2. The van der Waals surface area contributed by atoms with E-state index >= 15 is 0 Å². The molecule has 2 aromatic carbocycles. The molecule has 0 aliphatic heterocycles. The van der Waals surface area contributed by atoms with Crippen LogP contribution in [0.1, 0.15) is 48.4 Å². The predicted octanol–water partition coefficient (Wildman–Crippen LogP) is 5.84. The van der Waals surface area contributed by atoms with Crippen LogP contribution < -0.4 is 4.74 Å². The number of carbonyl (C=O) groups is 2. The Labute approximate surface area is 184 Å². The van der Waals surface area contributed by atoms with E-state index < -0.39 is 17.8 Å². The molecule has 3 aromatic rings. The van der Waals surface area contributed by atoms with E-state index in [9.17, 15) is 14.0 Å². The second-order valence-electron chi connectivity index (χ2n) is 6.31. The van der Waals surface area contributed by atoms with E-state index in [1.165, 1.54) is 25.3 Å². The number of halogens is 2. The Morgan fingerprint density at radius 2 is 1.90 bits per heavy atom. The van der Waals surface area contributed by atoms with Crippen molar-refractivity contribution in [2.75, 3.05) is 7.11 Å². The molecule has 0 aliphatic rings. The average Bonchev–Trinajstić information content (AvgIpc) is 2.75. The van der Waals surface area contributed by atoms with Gasteiger partial charge in [-0.15, -0.1) is 0 Å². The Morgan fingerprint density at radius 1 is 1.23 bits per heavy atom. The van der Waals surface area contributed by atoms with Gasteiger partial charge in [-0.25, -0.2) is 9.37 Å². The first-order valence-corrected chi connectivity index (χ1v) is 10.3. The molecular weight excluding hydrogens is 451 g/mol. The summed E-state index contributed by atoms with van der Waals surface area (Å²) in [6.45, 7) is 7.51. The zero-order chi connectivity index (χ0) is 22.4. The van der Waals surface area contributed by atoms with Crippen LogP contribution in [-0.4, -0.2) is 29.3 Å². The third-order valence-electron chi connectivity index (χ3n) is 4.61. The van der Waals surface area contributed by atoms with Gasteiger partial charge < -0.3 is 4.74 Å². The zero-order valence-electron chi connectivity index (χ0n) is 17.6. The summed E-state index contributed by atoms with van der Waals surface area (Å²) >= 11 is 3.44. The fraction of sp³-hybridized carbons (Fsp3) is 0.261. The number of hydrogen-bond donors (Lipinski definition) is 0. The number of methoxy groups -OCH3 is 1. The maximum Gasteiger partial charge on any atom is 0.261 e. The number of rotatable bonds is 5. The molecule has 3 rings (SSSR count). The molecule has 1 heterocycles. The van der Waals surface area contributed by atoms with Crippen LogP contribution in [0.4, 0.5) is 4.39 Å². The second kappa shape index (κ2) is 10.3. The Morgan fingerprint density at radius 3 is 2.50 bits per heavy atom. The quantitative estimate of drug-likeness (QED) is 0.435. The molecular formula is C23H24BrFN2O3. The third kappa shape index (κ3) is 4.51. The maximum atomic E-state index is 13.7. The molecule has 0 aliphatic carbocycles. The number of fused-ring (bicyclic) bond motifs is 1. The van der Waals surface area contributed by atoms with Crippen LogP contribution in [-0.2, 0) is 4.79 Å². The third-order valence-corrected chi connectivity index (χ3v) is 5.38. The van der Waals surface area contributed by atoms with Crippen molar-refractivity contribution in [3.8, 4) is 5.75 Å². The number of aromatic nitrogens is 1. The number of ether oxygens (including phenoxy) is 1. The lowest BCUT2D eigenvalue weighted by atomic mass is 10.1. The molecule has 1 unspecified atom stereocenters. The van der Waals surface area contributed by atoms with Gasteiger partial charge in [-0.3, -0.25) is 14.5 Å². The molecule has 1 atom stereocenters. The maximum absolute atomic E-state index is 13.7. The van der Waals surface area contributed by atoms with Gasteiger partial charge in [0, 0.05) is 10.9 Å². The fourth-order valence-electron chi connectivity index (χ4n) is 3.08. The van der Waals surface area contributed by atoms with Crippen molar-refractivity contribution in [3.05, 3.63) is 69.6 Å². The van der Waals surface area contributed by atoms with Crippen LogP contribution in [0.2, 0.25) is 0 Å². The van der Waals surface area contributed by atoms with E-state index in [2.05, 4.69) is 20.9 Å². The lowest BCUT2D eigenvalue weighted by molar-refractivity contribution is -0.117. The van der Waals surface area contributed by atoms with Crippen molar-refractivity contribution in [3.63, 3.8) is 0 Å². The standard InChI is InChI=1S/C21H18BrFN2O3.C2H6/c1-12-6-4-5-7-15(12)21(27)25(11-26)13(2)19-18(22)20(28-3)16-10-14(23)8-9-17(16)24-19;1-2/h4-11,13H,1-3H3;1-2H3. The minimum atomic E-state index is -0.678. The van der Waals surface area contributed by atoms with E-state index in [1.54, 1.807) is 19.1 Å². The first-order chi connectivity index (χ1) is 14.4. The van der Waals surface area contributed by atoms with Gasteiger partial charge in [-0.05, 0) is 59.6 Å². The number of benzene rings is 2. The number of pyridine rings is 1. The van der Waals surface area contributed by atoms with Gasteiger partial charge in [-0.1, -0.05) is 32.0 Å². The second-order valence-corrected chi connectivity index (χ2v) is 7.11. The number of aryl methyl sites for hydroxylation is 1. The minimum absolute atomic E-state index is 0.389. The van der Waals surface area contributed by atoms with Crippen LogP contribution in [0.3, 0.4) is 0 Å². The van der Waals surface area contributed by atoms with Crippen LogP contribution in [0.5, 0.6) is 5.75 Å². The lowest BCUT2D eigenvalue weighted by Crippen LogP contribution is -2.33. The molecule has 0 spiro atoms. The van der Waals surface area contributed by atoms with Crippen molar-refractivity contribution in [1.29, 1.82) is 0 Å². The number of nitrogens with zero attached hydrogens (tertiary/aromatic N) is 2. The van der Waals surface area contributed by atoms with Gasteiger partial charge in [0.1, 0.15) is 11.6 Å². The van der Waals surface area contributed by atoms with E-state index in [4.69, 9.17) is 4.74 Å². The SMILES string of the molecule is CC.COc1c(Br)c(C(C)N(C=O)C(=O)c2ccccc2C)nc2ccc(F)cc12. The Hall–Kier alpha value is -2.80. The Bertz CT molecular complexity index is 1070. The first-order valence-electron chi connectivity index (χ1n) is 9.55. The summed E-state index contributed by atoms with van der Waals surface area (Å²) in [5, 5.41) is 0.494. The molecule has 2 amide bonds. The summed E-state index contributed by atoms with van der Waals surface area (Å²) in [7, 11) is 1.47. The average molecular weight is 475 g/mol. The first kappa shape index (κ1) is 23.5.